The fraction of sp³-hybridized carbons (Fsp3) is 0.143. The van der Waals surface area contributed by atoms with E-state index in [2.05, 4.69) is 46.6 Å². The lowest BCUT2D eigenvalue weighted by molar-refractivity contribution is 1.17. The number of nitrogens with zero attached hydrogens (tertiary/aromatic N) is 2. The van der Waals surface area contributed by atoms with Gasteiger partial charge >= 0.3 is 0 Å². The van der Waals surface area contributed by atoms with E-state index in [1.165, 1.54) is 10.5 Å². The van der Waals surface area contributed by atoms with Crippen LogP contribution in [0.5, 0.6) is 0 Å². The molecule has 0 bridgehead atoms. The van der Waals surface area contributed by atoms with Crippen LogP contribution < -0.4 is 0 Å². The van der Waals surface area contributed by atoms with Gasteiger partial charge < -0.3 is 0 Å². The largest absolute Gasteiger partial charge is 0.261 e. The maximum absolute atomic E-state index is 4.27. The first-order valence-corrected chi connectivity index (χ1v) is 6.61. The molecule has 2 nitrogen and oxygen atoms in total. The molecule has 1 aromatic carbocycles. The van der Waals surface area contributed by atoms with Crippen molar-refractivity contribution < 1.29 is 0 Å². The van der Waals surface area contributed by atoms with Crippen LogP contribution in [0.3, 0.4) is 0 Å². The highest BCUT2D eigenvalue weighted by Crippen LogP contribution is 2.18. The Bertz CT molecular complexity index is 504. The van der Waals surface area contributed by atoms with Crippen LogP contribution in [-0.2, 0) is 0 Å². The Kier molecular flexibility index (Phi) is 3.94. The molecule has 0 aliphatic carbocycles. The lowest BCUT2D eigenvalue weighted by atomic mass is 10.1. The summed E-state index contributed by atoms with van der Waals surface area (Å²) >= 11 is 1.75. The van der Waals surface area contributed by atoms with Crippen LogP contribution in [0.25, 0.3) is 11.6 Å². The second-order valence-electron chi connectivity index (χ2n) is 3.69. The summed E-state index contributed by atoms with van der Waals surface area (Å²) < 4.78 is 0. The normalized spacial score (nSPS) is 11.5. The first kappa shape index (κ1) is 11.9. The number of hydrogen-bond acceptors (Lipinski definition) is 3. The molecule has 2 aromatic rings. The number of thioether (sulfide) groups is 1. The van der Waals surface area contributed by atoms with E-state index in [9.17, 15) is 0 Å². The van der Waals surface area contributed by atoms with Crippen LogP contribution in [0.2, 0.25) is 0 Å². The molecule has 1 aromatic heterocycles. The summed E-state index contributed by atoms with van der Waals surface area (Å²) in [7, 11) is 0. The van der Waals surface area contributed by atoms with Crippen LogP contribution in [0.15, 0.2) is 47.8 Å². The summed E-state index contributed by atoms with van der Waals surface area (Å²) in [5.41, 5.74) is 3.22. The molecule has 0 spiro atoms. The van der Waals surface area contributed by atoms with Crippen molar-refractivity contribution in [2.24, 2.45) is 0 Å². The summed E-state index contributed by atoms with van der Waals surface area (Å²) in [6, 6.07) is 8.48. The average molecular weight is 242 g/mol. The zero-order valence-electron chi connectivity index (χ0n) is 9.92. The molecule has 0 aliphatic heterocycles. The number of benzene rings is 1. The first-order valence-electron chi connectivity index (χ1n) is 5.38. The van der Waals surface area contributed by atoms with Crippen molar-refractivity contribution in [2.75, 3.05) is 6.26 Å². The van der Waals surface area contributed by atoms with Gasteiger partial charge in [-0.1, -0.05) is 12.1 Å². The maximum atomic E-state index is 4.27. The molecule has 0 amide bonds. The third-order valence-corrected chi connectivity index (χ3v) is 3.21. The average Bonchev–Trinajstić information content (AvgIpc) is 2.40. The van der Waals surface area contributed by atoms with Crippen molar-refractivity contribution >= 4 is 23.4 Å². The van der Waals surface area contributed by atoms with E-state index in [0.717, 1.165) is 11.3 Å². The Morgan fingerprint density at radius 2 is 1.94 bits per heavy atom. The van der Waals surface area contributed by atoms with E-state index in [0.29, 0.717) is 0 Å². The quantitative estimate of drug-likeness (QED) is 0.766. The van der Waals surface area contributed by atoms with Crippen LogP contribution >= 0.6 is 11.8 Å². The summed E-state index contributed by atoms with van der Waals surface area (Å²) in [6.07, 6.45) is 9.37. The minimum absolute atomic E-state index is 0.918. The lowest BCUT2D eigenvalue weighted by Gasteiger charge is -2.01. The Labute approximate surface area is 106 Å². The molecule has 1 heterocycles. The van der Waals surface area contributed by atoms with Crippen LogP contribution in [-0.4, -0.2) is 16.2 Å². The van der Waals surface area contributed by atoms with Crippen LogP contribution in [0.1, 0.15) is 18.2 Å². The summed E-state index contributed by atoms with van der Waals surface area (Å²) in [4.78, 5) is 9.62. The topological polar surface area (TPSA) is 25.8 Å². The predicted molar refractivity (Wildman–Crippen MR) is 73.8 cm³/mol. The molecular formula is C14H14N2S. The van der Waals surface area contributed by atoms with Gasteiger partial charge in [-0.15, -0.1) is 11.8 Å². The predicted octanol–water partition coefficient (Wildman–Crippen LogP) is 3.76. The fourth-order valence-electron chi connectivity index (χ4n) is 1.53. The molecule has 0 N–H and O–H groups in total. The molecule has 0 fully saturated rings. The Morgan fingerprint density at radius 3 is 2.53 bits per heavy atom. The van der Waals surface area contributed by atoms with Crippen molar-refractivity contribution in [3.63, 3.8) is 0 Å². The molecule has 0 radical (unpaired) electrons. The van der Waals surface area contributed by atoms with E-state index in [-0.39, 0.29) is 0 Å². The number of aromatic nitrogens is 2. The summed E-state index contributed by atoms with van der Waals surface area (Å²) in [5, 5.41) is 0. The number of hydrogen-bond donors (Lipinski definition) is 0. The van der Waals surface area contributed by atoms with E-state index < -0.39 is 0 Å². The van der Waals surface area contributed by atoms with Gasteiger partial charge in [0.05, 0.1) is 11.9 Å². The smallest absolute Gasteiger partial charge is 0.0842 e. The van der Waals surface area contributed by atoms with Gasteiger partial charge in [-0.05, 0) is 42.5 Å². The molecule has 0 saturated carbocycles. The highest BCUT2D eigenvalue weighted by Gasteiger charge is 1.97. The minimum Gasteiger partial charge on any atom is -0.261 e. The van der Waals surface area contributed by atoms with Crippen LogP contribution in [0.4, 0.5) is 0 Å². The first-order chi connectivity index (χ1) is 8.29. The third-order valence-electron chi connectivity index (χ3n) is 2.47. The van der Waals surface area contributed by atoms with Gasteiger partial charge in [0.2, 0.25) is 0 Å². The zero-order valence-corrected chi connectivity index (χ0v) is 10.7. The molecular weight excluding hydrogens is 228 g/mol. The monoisotopic (exact) mass is 242 g/mol. The maximum Gasteiger partial charge on any atom is 0.0842 e. The fourth-order valence-corrected chi connectivity index (χ4v) is 1.94. The van der Waals surface area contributed by atoms with Crippen molar-refractivity contribution in [1.29, 1.82) is 0 Å². The van der Waals surface area contributed by atoms with E-state index in [4.69, 9.17) is 0 Å². The van der Waals surface area contributed by atoms with Crippen molar-refractivity contribution in [2.45, 2.75) is 11.8 Å². The van der Waals surface area contributed by atoms with Gasteiger partial charge in [-0.25, -0.2) is 0 Å². The Hall–Kier alpha value is -1.61. The van der Waals surface area contributed by atoms with Crippen molar-refractivity contribution in [1.82, 2.24) is 9.97 Å². The van der Waals surface area contributed by atoms with Gasteiger partial charge in [0.1, 0.15) is 0 Å². The van der Waals surface area contributed by atoms with Gasteiger partial charge in [0, 0.05) is 17.3 Å². The molecule has 0 aliphatic rings. The van der Waals surface area contributed by atoms with Crippen LogP contribution in [0, 0.1) is 0 Å². The second kappa shape index (κ2) is 5.64. The van der Waals surface area contributed by atoms with E-state index >= 15 is 0 Å². The lowest BCUT2D eigenvalue weighted by Crippen LogP contribution is -1.86. The Morgan fingerprint density at radius 1 is 1.18 bits per heavy atom. The van der Waals surface area contributed by atoms with Gasteiger partial charge in [0.15, 0.2) is 0 Å². The minimum atomic E-state index is 0.918. The van der Waals surface area contributed by atoms with E-state index in [1.807, 2.05) is 6.92 Å². The molecule has 2 rings (SSSR count). The van der Waals surface area contributed by atoms with Gasteiger partial charge in [0.25, 0.3) is 0 Å². The highest BCUT2D eigenvalue weighted by molar-refractivity contribution is 7.98. The van der Waals surface area contributed by atoms with E-state index in [1.54, 1.807) is 30.4 Å². The zero-order chi connectivity index (χ0) is 12.1. The molecule has 0 unspecified atom stereocenters. The third kappa shape index (κ3) is 3.17. The molecule has 17 heavy (non-hydrogen) atoms. The Balaban J connectivity index is 2.23. The number of allylic oxidation sites excluding steroid dienone is 1. The number of rotatable bonds is 3. The van der Waals surface area contributed by atoms with Crippen molar-refractivity contribution in [3.8, 4) is 0 Å². The molecule has 0 atom stereocenters. The SMILES string of the molecule is CSc1ccc(/C=C(\C)c2cnccn2)cc1. The molecule has 3 heteroatoms. The van der Waals surface area contributed by atoms with Gasteiger partial charge in [-0.2, -0.15) is 0 Å². The van der Waals surface area contributed by atoms with Crippen molar-refractivity contribution in [3.05, 3.63) is 54.1 Å². The molecule has 86 valence electrons. The van der Waals surface area contributed by atoms with Gasteiger partial charge in [-0.3, -0.25) is 9.97 Å². The molecule has 0 saturated heterocycles. The second-order valence-corrected chi connectivity index (χ2v) is 4.57. The highest BCUT2D eigenvalue weighted by atomic mass is 32.2. The summed E-state index contributed by atoms with van der Waals surface area (Å²) in [5.74, 6) is 0. The summed E-state index contributed by atoms with van der Waals surface area (Å²) in [6.45, 7) is 2.05. The standard InChI is InChI=1S/C14H14N2S/c1-11(14-10-15-7-8-16-14)9-12-3-5-13(17-2)6-4-12/h3-10H,1-2H3/b11-9+.